The van der Waals surface area contributed by atoms with Crippen molar-refractivity contribution in [2.45, 2.75) is 19.3 Å². The van der Waals surface area contributed by atoms with Crippen molar-refractivity contribution in [3.8, 4) is 0 Å². The quantitative estimate of drug-likeness (QED) is 0.831. The highest BCUT2D eigenvalue weighted by Gasteiger charge is 2.50. The van der Waals surface area contributed by atoms with E-state index >= 15 is 0 Å². The summed E-state index contributed by atoms with van der Waals surface area (Å²) in [6, 6.07) is 3.75. The van der Waals surface area contributed by atoms with E-state index in [9.17, 15) is 9.59 Å². The van der Waals surface area contributed by atoms with E-state index in [-0.39, 0.29) is 11.8 Å². The summed E-state index contributed by atoms with van der Waals surface area (Å²) in [5.41, 5.74) is 0.945. The molecule has 0 radical (unpaired) electrons. The highest BCUT2D eigenvalue weighted by Crippen LogP contribution is 2.41. The number of carbonyl (C=O) groups excluding carboxylic acids is 2. The van der Waals surface area contributed by atoms with Crippen LogP contribution in [-0.4, -0.2) is 51.1 Å². The molecule has 2 amide bonds. The average Bonchev–Trinajstić information content (AvgIpc) is 3.20. The Hall–Kier alpha value is -2.70. The van der Waals surface area contributed by atoms with Gasteiger partial charge in [0.05, 0.1) is 29.1 Å². The number of amides is 2. The number of anilines is 1. The predicted molar refractivity (Wildman–Crippen MR) is 92.0 cm³/mol. The lowest BCUT2D eigenvalue weighted by molar-refractivity contribution is -0.127. The zero-order valence-corrected chi connectivity index (χ0v) is 14.3. The van der Waals surface area contributed by atoms with Crippen molar-refractivity contribution in [3.05, 3.63) is 42.5 Å². The number of hydrogen-bond donors (Lipinski definition) is 0. The summed E-state index contributed by atoms with van der Waals surface area (Å²) in [4.78, 5) is 33.6. The molecule has 0 aliphatic carbocycles. The third-order valence-corrected chi connectivity index (χ3v) is 5.29. The second-order valence-electron chi connectivity index (χ2n) is 6.93. The van der Waals surface area contributed by atoms with Crippen molar-refractivity contribution in [1.29, 1.82) is 0 Å². The fourth-order valence-electron chi connectivity index (χ4n) is 3.98. The van der Waals surface area contributed by atoms with Crippen LogP contribution in [0.4, 0.5) is 5.69 Å². The molecular weight excluding hydrogens is 318 g/mol. The third-order valence-electron chi connectivity index (χ3n) is 5.29. The summed E-state index contributed by atoms with van der Waals surface area (Å²) in [5.74, 6) is 0.0731. The Morgan fingerprint density at radius 1 is 1.24 bits per heavy atom. The lowest BCUT2D eigenvalue weighted by Gasteiger charge is -2.38. The van der Waals surface area contributed by atoms with Gasteiger partial charge in [-0.2, -0.15) is 5.10 Å². The highest BCUT2D eigenvalue weighted by atomic mass is 16.2. The molecule has 0 saturated carbocycles. The number of aryl methyl sites for hydroxylation is 1. The number of piperidine rings is 1. The van der Waals surface area contributed by atoms with E-state index in [0.717, 1.165) is 24.9 Å². The van der Waals surface area contributed by atoms with Gasteiger partial charge in [-0.05, 0) is 31.4 Å². The van der Waals surface area contributed by atoms with Gasteiger partial charge in [-0.25, -0.2) is 0 Å². The molecule has 7 nitrogen and oxygen atoms in total. The van der Waals surface area contributed by atoms with Gasteiger partial charge < -0.3 is 9.80 Å². The normalized spacial score (nSPS) is 23.5. The molecule has 2 aromatic heterocycles. The molecular formula is C18H21N5O2. The van der Waals surface area contributed by atoms with E-state index in [4.69, 9.17) is 0 Å². The number of rotatable bonds is 2. The van der Waals surface area contributed by atoms with Crippen LogP contribution in [0.15, 0.2) is 36.9 Å². The van der Waals surface area contributed by atoms with Crippen molar-refractivity contribution in [3.63, 3.8) is 0 Å². The summed E-state index contributed by atoms with van der Waals surface area (Å²) in [7, 11) is 1.79. The molecule has 1 atom stereocenters. The monoisotopic (exact) mass is 339 g/mol. The Kier molecular flexibility index (Phi) is 3.78. The molecule has 0 unspecified atom stereocenters. The van der Waals surface area contributed by atoms with Crippen LogP contribution in [-0.2, 0) is 11.8 Å². The number of likely N-dealkylation sites (tertiary alicyclic amines) is 1. The van der Waals surface area contributed by atoms with E-state index < -0.39 is 5.41 Å². The molecule has 25 heavy (non-hydrogen) atoms. The van der Waals surface area contributed by atoms with Gasteiger partial charge in [0.15, 0.2) is 0 Å². The first kappa shape index (κ1) is 15.8. The number of carbonyl (C=O) groups is 2. The van der Waals surface area contributed by atoms with Gasteiger partial charge in [0.25, 0.3) is 5.91 Å². The first-order chi connectivity index (χ1) is 12.1. The van der Waals surface area contributed by atoms with Gasteiger partial charge in [0.2, 0.25) is 5.91 Å². The lowest BCUT2D eigenvalue weighted by Crippen LogP contribution is -2.49. The van der Waals surface area contributed by atoms with Gasteiger partial charge in [-0.1, -0.05) is 0 Å². The molecule has 0 aromatic carbocycles. The van der Waals surface area contributed by atoms with Gasteiger partial charge >= 0.3 is 0 Å². The molecule has 130 valence electrons. The molecule has 2 aliphatic heterocycles. The SMILES string of the molecule is Cn1cc(C(=O)N2CCC[C@]3(CCN(c4cccnc4)C3=O)C2)cn1. The summed E-state index contributed by atoms with van der Waals surface area (Å²) >= 11 is 0. The minimum atomic E-state index is -0.466. The molecule has 2 aromatic rings. The van der Waals surface area contributed by atoms with Crippen LogP contribution in [0.5, 0.6) is 0 Å². The maximum absolute atomic E-state index is 13.1. The van der Waals surface area contributed by atoms with Gasteiger partial charge in [0.1, 0.15) is 0 Å². The molecule has 2 fully saturated rings. The first-order valence-electron chi connectivity index (χ1n) is 8.59. The number of pyridine rings is 1. The molecule has 0 bridgehead atoms. The minimum absolute atomic E-state index is 0.0418. The molecule has 0 N–H and O–H groups in total. The second-order valence-corrected chi connectivity index (χ2v) is 6.93. The molecule has 1 spiro atoms. The third kappa shape index (κ3) is 2.69. The largest absolute Gasteiger partial charge is 0.337 e. The Morgan fingerprint density at radius 2 is 2.12 bits per heavy atom. The predicted octanol–water partition coefficient (Wildman–Crippen LogP) is 1.47. The van der Waals surface area contributed by atoms with Crippen molar-refractivity contribution < 1.29 is 9.59 Å². The first-order valence-corrected chi connectivity index (χ1v) is 8.59. The van der Waals surface area contributed by atoms with Crippen LogP contribution < -0.4 is 4.90 Å². The summed E-state index contributed by atoms with van der Waals surface area (Å²) < 4.78 is 1.62. The van der Waals surface area contributed by atoms with E-state index in [1.165, 1.54) is 0 Å². The van der Waals surface area contributed by atoms with Crippen LogP contribution in [0.1, 0.15) is 29.6 Å². The van der Waals surface area contributed by atoms with Gasteiger partial charge in [-0.15, -0.1) is 0 Å². The van der Waals surface area contributed by atoms with Crippen LogP contribution in [0.25, 0.3) is 0 Å². The molecule has 2 saturated heterocycles. The van der Waals surface area contributed by atoms with Crippen molar-refractivity contribution in [2.24, 2.45) is 12.5 Å². The van der Waals surface area contributed by atoms with Crippen LogP contribution >= 0.6 is 0 Å². The Morgan fingerprint density at radius 3 is 2.84 bits per heavy atom. The van der Waals surface area contributed by atoms with E-state index in [2.05, 4.69) is 10.1 Å². The number of aromatic nitrogens is 3. The van der Waals surface area contributed by atoms with Gasteiger partial charge in [-0.3, -0.25) is 19.3 Å². The number of hydrogen-bond acceptors (Lipinski definition) is 4. The maximum atomic E-state index is 13.1. The average molecular weight is 339 g/mol. The lowest BCUT2D eigenvalue weighted by atomic mass is 9.78. The highest BCUT2D eigenvalue weighted by molar-refractivity contribution is 6.01. The fraction of sp³-hybridized carbons (Fsp3) is 0.444. The smallest absolute Gasteiger partial charge is 0.257 e. The minimum Gasteiger partial charge on any atom is -0.337 e. The molecule has 7 heteroatoms. The van der Waals surface area contributed by atoms with Crippen molar-refractivity contribution in [2.75, 3.05) is 24.5 Å². The Labute approximate surface area is 146 Å². The molecule has 2 aliphatic rings. The maximum Gasteiger partial charge on any atom is 0.257 e. The van der Waals surface area contributed by atoms with E-state index in [1.807, 2.05) is 21.9 Å². The number of nitrogens with zero attached hydrogens (tertiary/aromatic N) is 5. The second kappa shape index (κ2) is 5.98. The van der Waals surface area contributed by atoms with Crippen molar-refractivity contribution >= 4 is 17.5 Å². The zero-order chi connectivity index (χ0) is 17.4. The van der Waals surface area contributed by atoms with Crippen LogP contribution in [0.2, 0.25) is 0 Å². The molecule has 4 rings (SSSR count). The summed E-state index contributed by atoms with van der Waals surface area (Å²) in [6.45, 7) is 1.85. The van der Waals surface area contributed by atoms with E-state index in [0.29, 0.717) is 25.2 Å². The van der Waals surface area contributed by atoms with Gasteiger partial charge in [0, 0.05) is 39.1 Å². The summed E-state index contributed by atoms with van der Waals surface area (Å²) in [5, 5.41) is 4.08. The topological polar surface area (TPSA) is 71.3 Å². The summed E-state index contributed by atoms with van der Waals surface area (Å²) in [6.07, 6.45) is 9.19. The zero-order valence-electron chi connectivity index (χ0n) is 14.3. The Balaban J connectivity index is 1.54. The van der Waals surface area contributed by atoms with E-state index in [1.54, 1.807) is 36.5 Å². The van der Waals surface area contributed by atoms with Crippen LogP contribution in [0.3, 0.4) is 0 Å². The van der Waals surface area contributed by atoms with Crippen LogP contribution in [0, 0.1) is 5.41 Å². The molecule has 4 heterocycles. The fourth-order valence-corrected chi connectivity index (χ4v) is 3.98. The Bertz CT molecular complexity index is 803. The standard InChI is InChI=1S/C18H21N5O2/c1-21-12-14(10-20-21)16(24)22-8-3-5-18(13-22)6-9-23(17(18)25)15-4-2-7-19-11-15/h2,4,7,10-12H,3,5-6,8-9,13H2,1H3/t18-/m0/s1. The van der Waals surface area contributed by atoms with Crippen molar-refractivity contribution in [1.82, 2.24) is 19.7 Å².